The lowest BCUT2D eigenvalue weighted by molar-refractivity contribution is -0.690. The number of nitrogens with one attached hydrogen (secondary N) is 1. The van der Waals surface area contributed by atoms with E-state index in [-0.39, 0.29) is 24.1 Å². The molecule has 0 saturated heterocycles. The highest BCUT2D eigenvalue weighted by molar-refractivity contribution is 5.89. The third-order valence-corrected chi connectivity index (χ3v) is 4.58. The molecular formula is C20H18F2N3O+. The first-order chi connectivity index (χ1) is 12.6. The Bertz CT molecular complexity index is 946. The zero-order valence-electron chi connectivity index (χ0n) is 14.1. The van der Waals surface area contributed by atoms with E-state index in [1.54, 1.807) is 12.1 Å². The van der Waals surface area contributed by atoms with Crippen LogP contribution in [-0.2, 0) is 24.3 Å². The average molecular weight is 354 g/mol. The molecule has 0 radical (unpaired) electrons. The molecule has 1 N–H and O–H groups in total. The van der Waals surface area contributed by atoms with E-state index >= 15 is 0 Å². The number of nitrogens with zero attached hydrogens (tertiary/aromatic N) is 2. The Kier molecular flexibility index (Phi) is 4.24. The summed E-state index contributed by atoms with van der Waals surface area (Å²) >= 11 is 0. The standard InChI is InChI=1S/C20H17F2N3O/c21-15-5-3-14(4-6-15)18-12-24(20-2-1-11-25(18)20)13-19(26)23-17-9-7-16(22)8-10-17/h3-10,12H,1-2,11,13H2/p+1. The molecule has 1 aliphatic heterocycles. The number of hydrogen-bond donors (Lipinski definition) is 1. The lowest BCUT2D eigenvalue weighted by Crippen LogP contribution is -2.42. The highest BCUT2D eigenvalue weighted by Crippen LogP contribution is 2.25. The molecule has 0 spiro atoms. The van der Waals surface area contributed by atoms with Crippen LogP contribution in [0.4, 0.5) is 14.5 Å². The summed E-state index contributed by atoms with van der Waals surface area (Å²) in [5.74, 6) is 0.297. The van der Waals surface area contributed by atoms with Crippen molar-refractivity contribution < 1.29 is 18.1 Å². The van der Waals surface area contributed by atoms with Gasteiger partial charge in [0.15, 0.2) is 12.2 Å². The minimum Gasteiger partial charge on any atom is -0.323 e. The molecule has 0 bridgehead atoms. The minimum absolute atomic E-state index is 0.174. The summed E-state index contributed by atoms with van der Waals surface area (Å²) in [5.41, 5.74) is 2.46. The fourth-order valence-electron chi connectivity index (χ4n) is 3.39. The van der Waals surface area contributed by atoms with Crippen molar-refractivity contribution in [3.63, 3.8) is 0 Å². The van der Waals surface area contributed by atoms with Crippen molar-refractivity contribution in [3.05, 3.63) is 72.2 Å². The average Bonchev–Trinajstić information content (AvgIpc) is 3.22. The van der Waals surface area contributed by atoms with E-state index in [1.165, 1.54) is 36.4 Å². The Morgan fingerprint density at radius 1 is 1.04 bits per heavy atom. The Balaban J connectivity index is 1.57. The second kappa shape index (κ2) is 6.71. The molecule has 0 aliphatic carbocycles. The molecule has 4 nitrogen and oxygen atoms in total. The number of amides is 1. The largest absolute Gasteiger partial charge is 0.323 e. The van der Waals surface area contributed by atoms with Crippen LogP contribution in [0.15, 0.2) is 54.7 Å². The first-order valence-corrected chi connectivity index (χ1v) is 8.53. The first kappa shape index (κ1) is 16.4. The van der Waals surface area contributed by atoms with Crippen LogP contribution in [-0.4, -0.2) is 10.5 Å². The van der Waals surface area contributed by atoms with Crippen LogP contribution in [0.2, 0.25) is 0 Å². The summed E-state index contributed by atoms with van der Waals surface area (Å²) in [7, 11) is 0. The summed E-state index contributed by atoms with van der Waals surface area (Å²) in [5, 5.41) is 2.78. The van der Waals surface area contributed by atoms with Gasteiger partial charge in [0.1, 0.15) is 17.8 Å². The highest BCUT2D eigenvalue weighted by atomic mass is 19.1. The molecule has 2 aromatic carbocycles. The number of carbonyl (C=O) groups excluding carboxylic acids is 1. The Morgan fingerprint density at radius 2 is 1.69 bits per heavy atom. The smallest absolute Gasteiger partial charge is 0.266 e. The molecule has 6 heteroatoms. The third-order valence-electron chi connectivity index (χ3n) is 4.58. The monoisotopic (exact) mass is 354 g/mol. The first-order valence-electron chi connectivity index (χ1n) is 8.53. The number of rotatable bonds is 4. The van der Waals surface area contributed by atoms with E-state index in [2.05, 4.69) is 9.88 Å². The van der Waals surface area contributed by atoms with E-state index in [0.29, 0.717) is 5.69 Å². The van der Waals surface area contributed by atoms with E-state index in [0.717, 1.165) is 36.5 Å². The molecule has 4 rings (SSSR count). The van der Waals surface area contributed by atoms with Gasteiger partial charge in [-0.05, 0) is 55.0 Å². The molecule has 132 valence electrons. The van der Waals surface area contributed by atoms with Crippen molar-refractivity contribution in [1.29, 1.82) is 0 Å². The van der Waals surface area contributed by atoms with Gasteiger partial charge in [0.2, 0.25) is 0 Å². The number of benzene rings is 2. The Labute approximate surface area is 149 Å². The summed E-state index contributed by atoms with van der Waals surface area (Å²) in [4.78, 5) is 12.4. The van der Waals surface area contributed by atoms with Gasteiger partial charge in [0.25, 0.3) is 11.7 Å². The van der Waals surface area contributed by atoms with Gasteiger partial charge in [-0.2, -0.15) is 0 Å². The fraction of sp³-hybridized carbons (Fsp3) is 0.200. The van der Waals surface area contributed by atoms with Crippen LogP contribution in [0, 0.1) is 11.6 Å². The zero-order valence-corrected chi connectivity index (χ0v) is 14.1. The van der Waals surface area contributed by atoms with Gasteiger partial charge in [-0.1, -0.05) is 0 Å². The highest BCUT2D eigenvalue weighted by Gasteiger charge is 2.29. The summed E-state index contributed by atoms with van der Waals surface area (Å²) in [6, 6.07) is 12.1. The molecular weight excluding hydrogens is 336 g/mol. The molecule has 0 fully saturated rings. The normalized spacial score (nSPS) is 12.8. The van der Waals surface area contributed by atoms with Gasteiger partial charge < -0.3 is 5.32 Å². The summed E-state index contributed by atoms with van der Waals surface area (Å²) < 4.78 is 30.3. The number of halogens is 2. The number of aromatic nitrogens is 2. The van der Waals surface area contributed by atoms with Crippen molar-refractivity contribution in [3.8, 4) is 11.3 Å². The second-order valence-corrected chi connectivity index (χ2v) is 6.38. The second-order valence-electron chi connectivity index (χ2n) is 6.38. The predicted molar refractivity (Wildman–Crippen MR) is 93.4 cm³/mol. The molecule has 1 aromatic heterocycles. The molecule has 1 aliphatic rings. The Morgan fingerprint density at radius 3 is 2.38 bits per heavy atom. The molecule has 26 heavy (non-hydrogen) atoms. The van der Waals surface area contributed by atoms with Gasteiger partial charge in [-0.25, -0.2) is 17.9 Å². The van der Waals surface area contributed by atoms with Gasteiger partial charge in [-0.3, -0.25) is 4.79 Å². The van der Waals surface area contributed by atoms with Crippen molar-refractivity contribution in [1.82, 2.24) is 4.57 Å². The molecule has 0 unspecified atom stereocenters. The number of hydrogen-bond acceptors (Lipinski definition) is 1. The quantitative estimate of drug-likeness (QED) is 0.717. The van der Waals surface area contributed by atoms with Crippen molar-refractivity contribution in [2.45, 2.75) is 25.9 Å². The van der Waals surface area contributed by atoms with Crippen molar-refractivity contribution in [2.24, 2.45) is 0 Å². The predicted octanol–water partition coefficient (Wildman–Crippen LogP) is 3.31. The van der Waals surface area contributed by atoms with Crippen LogP contribution < -0.4 is 9.88 Å². The number of fused-ring (bicyclic) bond motifs is 1. The lowest BCUT2D eigenvalue weighted by atomic mass is 10.1. The van der Waals surface area contributed by atoms with Crippen molar-refractivity contribution >= 4 is 11.6 Å². The number of anilines is 1. The molecule has 0 atom stereocenters. The van der Waals surface area contributed by atoms with Gasteiger partial charge in [0.05, 0.1) is 13.0 Å². The van der Waals surface area contributed by atoms with Crippen molar-refractivity contribution in [2.75, 3.05) is 5.32 Å². The van der Waals surface area contributed by atoms with Gasteiger partial charge in [-0.15, -0.1) is 0 Å². The minimum atomic E-state index is -0.341. The maximum atomic E-state index is 13.2. The van der Waals surface area contributed by atoms with Crippen LogP contribution in [0.5, 0.6) is 0 Å². The maximum Gasteiger partial charge on any atom is 0.266 e. The Hall–Kier alpha value is -3.02. The lowest BCUT2D eigenvalue weighted by Gasteiger charge is -2.04. The number of carbonyl (C=O) groups is 1. The molecule has 2 heterocycles. The zero-order chi connectivity index (χ0) is 18.1. The van der Waals surface area contributed by atoms with E-state index in [4.69, 9.17) is 0 Å². The van der Waals surface area contributed by atoms with Crippen LogP contribution in [0.3, 0.4) is 0 Å². The SMILES string of the molecule is O=C(C[n+]1cc(-c2ccc(F)cc2)n2c1CCC2)Nc1ccc(F)cc1. The summed E-state index contributed by atoms with van der Waals surface area (Å²) in [6.45, 7) is 1.06. The molecule has 3 aromatic rings. The molecule has 0 saturated carbocycles. The summed E-state index contributed by atoms with van der Waals surface area (Å²) in [6.07, 6.45) is 3.85. The van der Waals surface area contributed by atoms with E-state index in [9.17, 15) is 13.6 Å². The van der Waals surface area contributed by atoms with Gasteiger partial charge >= 0.3 is 0 Å². The number of imidazole rings is 1. The van der Waals surface area contributed by atoms with E-state index < -0.39 is 0 Å². The molecule has 1 amide bonds. The maximum absolute atomic E-state index is 13.2. The fourth-order valence-corrected chi connectivity index (χ4v) is 3.39. The van der Waals surface area contributed by atoms with Crippen LogP contribution in [0.1, 0.15) is 12.2 Å². The van der Waals surface area contributed by atoms with Crippen LogP contribution in [0.25, 0.3) is 11.3 Å². The van der Waals surface area contributed by atoms with Gasteiger partial charge in [0, 0.05) is 11.3 Å². The third kappa shape index (κ3) is 3.22. The topological polar surface area (TPSA) is 37.9 Å². The van der Waals surface area contributed by atoms with Crippen LogP contribution >= 0.6 is 0 Å². The van der Waals surface area contributed by atoms with E-state index in [1.807, 2.05) is 10.8 Å².